The molecule has 1 aromatic carbocycles. The summed E-state index contributed by atoms with van der Waals surface area (Å²) in [4.78, 5) is 12.4. The van der Waals surface area contributed by atoms with Gasteiger partial charge in [0.05, 0.1) is 16.3 Å². The second-order valence-corrected chi connectivity index (χ2v) is 9.40. The molecule has 1 fully saturated rings. The molecule has 0 radical (unpaired) electrons. The summed E-state index contributed by atoms with van der Waals surface area (Å²) >= 11 is 1.48. The fraction of sp³-hybridized carbons (Fsp3) is 0.444. The monoisotopic (exact) mass is 409 g/mol. The van der Waals surface area contributed by atoms with E-state index in [1.54, 1.807) is 24.3 Å². The lowest BCUT2D eigenvalue weighted by atomic mass is 10.2. The van der Waals surface area contributed by atoms with Gasteiger partial charge in [0.2, 0.25) is 15.9 Å². The van der Waals surface area contributed by atoms with E-state index in [9.17, 15) is 13.2 Å². The first-order valence-corrected chi connectivity index (χ1v) is 11.4. The van der Waals surface area contributed by atoms with Gasteiger partial charge in [-0.1, -0.05) is 5.16 Å². The van der Waals surface area contributed by atoms with Crippen LogP contribution in [0, 0.1) is 13.8 Å². The zero-order valence-electron chi connectivity index (χ0n) is 15.4. The minimum Gasteiger partial charge on any atom is -0.361 e. The molecule has 0 bridgehead atoms. The molecule has 7 nitrogen and oxygen atoms in total. The van der Waals surface area contributed by atoms with E-state index in [-0.39, 0.29) is 16.6 Å². The Morgan fingerprint density at radius 3 is 2.48 bits per heavy atom. The van der Waals surface area contributed by atoms with Crippen LogP contribution in [0.5, 0.6) is 0 Å². The van der Waals surface area contributed by atoms with E-state index in [0.29, 0.717) is 24.5 Å². The van der Waals surface area contributed by atoms with E-state index >= 15 is 0 Å². The highest BCUT2D eigenvalue weighted by atomic mass is 32.2. The molecule has 0 spiro atoms. The topological polar surface area (TPSA) is 92.5 Å². The number of aryl methyl sites for hydroxylation is 2. The fourth-order valence-corrected chi connectivity index (χ4v) is 5.43. The number of anilines is 1. The third-order valence-electron chi connectivity index (χ3n) is 4.50. The van der Waals surface area contributed by atoms with Crippen LogP contribution in [0.3, 0.4) is 0 Å². The zero-order valence-corrected chi connectivity index (χ0v) is 17.0. The molecule has 9 heteroatoms. The maximum absolute atomic E-state index is 12.5. The second-order valence-electron chi connectivity index (χ2n) is 6.48. The molecule has 1 aliphatic heterocycles. The first kappa shape index (κ1) is 19.9. The molecule has 1 aromatic heterocycles. The third-order valence-corrected chi connectivity index (χ3v) is 7.37. The molecule has 0 atom stereocenters. The number of carbonyl (C=O) groups excluding carboxylic acids is 1. The summed E-state index contributed by atoms with van der Waals surface area (Å²) in [7, 11) is -3.43. The average molecular weight is 410 g/mol. The zero-order chi connectivity index (χ0) is 19.4. The summed E-state index contributed by atoms with van der Waals surface area (Å²) < 4.78 is 31.6. The standard InChI is InChI=1S/C18H23N3O4S2/c1-13-17(14(2)25-20-13)11-26-12-18(22)19-15-5-7-16(8-6-15)27(23,24)21-9-3-4-10-21/h5-8H,3-4,9-12H2,1-2H3,(H,19,22). The van der Waals surface area contributed by atoms with Gasteiger partial charge in [-0.15, -0.1) is 11.8 Å². The van der Waals surface area contributed by atoms with Crippen LogP contribution in [0.1, 0.15) is 29.9 Å². The van der Waals surface area contributed by atoms with Gasteiger partial charge < -0.3 is 9.84 Å². The number of thioether (sulfide) groups is 1. The summed E-state index contributed by atoms with van der Waals surface area (Å²) in [6, 6.07) is 6.33. The van der Waals surface area contributed by atoms with E-state index in [2.05, 4.69) is 10.5 Å². The summed E-state index contributed by atoms with van der Waals surface area (Å²) in [5, 5.41) is 6.69. The molecule has 27 heavy (non-hydrogen) atoms. The Labute approximate surface area is 163 Å². The van der Waals surface area contributed by atoms with Crippen molar-refractivity contribution in [3.8, 4) is 0 Å². The molecule has 1 aliphatic rings. The van der Waals surface area contributed by atoms with Crippen LogP contribution in [0.25, 0.3) is 0 Å². The Hall–Kier alpha value is -1.84. The number of benzene rings is 1. The van der Waals surface area contributed by atoms with Gasteiger partial charge in [-0.3, -0.25) is 4.79 Å². The summed E-state index contributed by atoms with van der Waals surface area (Å²) in [5.74, 6) is 1.58. The third kappa shape index (κ3) is 4.72. The number of sulfonamides is 1. The second kappa shape index (κ2) is 8.45. The van der Waals surface area contributed by atoms with Gasteiger partial charge in [0, 0.05) is 30.1 Å². The highest BCUT2D eigenvalue weighted by molar-refractivity contribution is 7.99. The molecule has 146 valence electrons. The Bertz CT molecular complexity index is 882. The molecule has 0 saturated carbocycles. The number of nitrogens with one attached hydrogen (secondary N) is 1. The average Bonchev–Trinajstić information content (AvgIpc) is 3.28. The lowest BCUT2D eigenvalue weighted by Gasteiger charge is -2.15. The van der Waals surface area contributed by atoms with Crippen molar-refractivity contribution >= 4 is 33.4 Å². The molecule has 2 heterocycles. The van der Waals surface area contributed by atoms with Crippen molar-refractivity contribution in [1.82, 2.24) is 9.46 Å². The van der Waals surface area contributed by atoms with E-state index < -0.39 is 10.0 Å². The molecule has 0 unspecified atom stereocenters. The highest BCUT2D eigenvalue weighted by Crippen LogP contribution is 2.23. The number of aromatic nitrogens is 1. The molecular formula is C18H23N3O4S2. The van der Waals surface area contributed by atoms with Crippen LogP contribution < -0.4 is 5.32 Å². The number of nitrogens with zero attached hydrogens (tertiary/aromatic N) is 2. The fourth-order valence-electron chi connectivity index (χ4n) is 2.94. The molecule has 0 aliphatic carbocycles. The Morgan fingerprint density at radius 1 is 1.22 bits per heavy atom. The molecule has 2 aromatic rings. The van der Waals surface area contributed by atoms with Crippen molar-refractivity contribution in [2.24, 2.45) is 0 Å². The number of hydrogen-bond acceptors (Lipinski definition) is 6. The van der Waals surface area contributed by atoms with Crippen LogP contribution in [0.15, 0.2) is 33.7 Å². The quantitative estimate of drug-likeness (QED) is 0.756. The Kier molecular flexibility index (Phi) is 6.23. The number of carbonyl (C=O) groups is 1. The molecule has 1 amide bonds. The lowest BCUT2D eigenvalue weighted by molar-refractivity contribution is -0.113. The minimum atomic E-state index is -3.43. The van der Waals surface area contributed by atoms with Crippen molar-refractivity contribution in [3.63, 3.8) is 0 Å². The van der Waals surface area contributed by atoms with Crippen LogP contribution in [0.2, 0.25) is 0 Å². The van der Waals surface area contributed by atoms with Crippen LogP contribution in [0.4, 0.5) is 5.69 Å². The normalized spacial score (nSPS) is 15.2. The van der Waals surface area contributed by atoms with Crippen molar-refractivity contribution < 1.29 is 17.7 Å². The lowest BCUT2D eigenvalue weighted by Crippen LogP contribution is -2.27. The van der Waals surface area contributed by atoms with Gasteiger partial charge in [-0.2, -0.15) is 4.31 Å². The number of hydrogen-bond donors (Lipinski definition) is 1. The first-order valence-electron chi connectivity index (χ1n) is 8.77. The van der Waals surface area contributed by atoms with Crippen LogP contribution >= 0.6 is 11.8 Å². The van der Waals surface area contributed by atoms with E-state index in [0.717, 1.165) is 29.9 Å². The Morgan fingerprint density at radius 2 is 1.89 bits per heavy atom. The van der Waals surface area contributed by atoms with Gasteiger partial charge in [-0.05, 0) is 51.0 Å². The van der Waals surface area contributed by atoms with Crippen molar-refractivity contribution in [2.45, 2.75) is 37.3 Å². The predicted molar refractivity (Wildman–Crippen MR) is 105 cm³/mol. The largest absolute Gasteiger partial charge is 0.361 e. The highest BCUT2D eigenvalue weighted by Gasteiger charge is 2.26. The molecule has 1 N–H and O–H groups in total. The summed E-state index contributed by atoms with van der Waals surface area (Å²) in [6.45, 7) is 4.88. The van der Waals surface area contributed by atoms with E-state index in [1.165, 1.54) is 16.1 Å². The molecule has 1 saturated heterocycles. The van der Waals surface area contributed by atoms with Crippen molar-refractivity contribution in [1.29, 1.82) is 0 Å². The van der Waals surface area contributed by atoms with Crippen LogP contribution in [-0.4, -0.2) is 42.6 Å². The molecule has 3 rings (SSSR count). The van der Waals surface area contributed by atoms with Gasteiger partial charge >= 0.3 is 0 Å². The first-order chi connectivity index (χ1) is 12.9. The van der Waals surface area contributed by atoms with Crippen molar-refractivity contribution in [3.05, 3.63) is 41.3 Å². The van der Waals surface area contributed by atoms with E-state index in [1.807, 2.05) is 13.8 Å². The number of rotatable bonds is 7. The maximum atomic E-state index is 12.5. The van der Waals surface area contributed by atoms with Crippen LogP contribution in [-0.2, 0) is 20.6 Å². The summed E-state index contributed by atoms with van der Waals surface area (Å²) in [5.41, 5.74) is 2.44. The van der Waals surface area contributed by atoms with Gasteiger partial charge in [-0.25, -0.2) is 8.42 Å². The van der Waals surface area contributed by atoms with Gasteiger partial charge in [0.25, 0.3) is 0 Å². The minimum absolute atomic E-state index is 0.137. The summed E-state index contributed by atoms with van der Waals surface area (Å²) in [6.07, 6.45) is 1.80. The van der Waals surface area contributed by atoms with Gasteiger partial charge in [0.1, 0.15) is 5.76 Å². The van der Waals surface area contributed by atoms with Crippen molar-refractivity contribution in [2.75, 3.05) is 24.2 Å². The SMILES string of the molecule is Cc1noc(C)c1CSCC(=O)Nc1ccc(S(=O)(=O)N2CCCC2)cc1. The van der Waals surface area contributed by atoms with E-state index in [4.69, 9.17) is 4.52 Å². The number of amides is 1. The maximum Gasteiger partial charge on any atom is 0.243 e. The Balaban J connectivity index is 1.52. The van der Waals surface area contributed by atoms with Gasteiger partial charge in [0.15, 0.2) is 0 Å². The smallest absolute Gasteiger partial charge is 0.243 e. The predicted octanol–water partition coefficient (Wildman–Crippen LogP) is 2.95. The molecular weight excluding hydrogens is 386 g/mol.